The second-order valence-corrected chi connectivity index (χ2v) is 6.75. The molecule has 1 aromatic rings. The second kappa shape index (κ2) is 5.13. The minimum Gasteiger partial charge on any atom is -0.478 e. The van der Waals surface area contributed by atoms with Crippen LogP contribution in [-0.4, -0.2) is 37.2 Å². The highest BCUT2D eigenvalue weighted by atomic mass is 79.9. The summed E-state index contributed by atoms with van der Waals surface area (Å²) in [6.07, 6.45) is -0.456. The Morgan fingerprint density at radius 2 is 2.10 bits per heavy atom. The highest BCUT2D eigenvalue weighted by Gasteiger charge is 2.39. The third kappa shape index (κ3) is 2.83. The number of anilines is 1. The highest BCUT2D eigenvalue weighted by Crippen LogP contribution is 2.32. The first-order valence-electron chi connectivity index (χ1n) is 5.47. The molecule has 1 aliphatic rings. The van der Waals surface area contributed by atoms with Crippen LogP contribution in [0.2, 0.25) is 0 Å². The van der Waals surface area contributed by atoms with Gasteiger partial charge in [0.05, 0.1) is 11.3 Å². The molecule has 1 aromatic carbocycles. The lowest BCUT2D eigenvalue weighted by atomic mass is 10.2. The first-order valence-corrected chi connectivity index (χ1v) is 7.71. The van der Waals surface area contributed by atoms with Gasteiger partial charge in [-0.2, -0.15) is 8.42 Å². The Bertz CT molecular complexity index is 690. The lowest BCUT2D eigenvalue weighted by Gasteiger charge is -2.18. The Labute approximate surface area is 122 Å². The van der Waals surface area contributed by atoms with Gasteiger partial charge in [0.15, 0.2) is 0 Å². The fourth-order valence-corrected chi connectivity index (χ4v) is 3.08. The molecule has 9 heteroatoms. The van der Waals surface area contributed by atoms with Crippen molar-refractivity contribution in [2.75, 3.05) is 11.4 Å². The van der Waals surface area contributed by atoms with E-state index >= 15 is 0 Å². The lowest BCUT2D eigenvalue weighted by Crippen LogP contribution is -2.27. The van der Waals surface area contributed by atoms with Crippen LogP contribution in [0.15, 0.2) is 22.7 Å². The molecule has 1 unspecified atom stereocenters. The zero-order chi connectivity index (χ0) is 15.1. The molecule has 1 N–H and O–H groups in total. The summed E-state index contributed by atoms with van der Waals surface area (Å²) in [4.78, 5) is 23.8. The number of hydrogen-bond donors (Lipinski definition) is 1. The highest BCUT2D eigenvalue weighted by molar-refractivity contribution is 9.10. The predicted octanol–water partition coefficient (Wildman–Crippen LogP) is 1.55. The van der Waals surface area contributed by atoms with Gasteiger partial charge in [-0.15, -0.1) is 3.89 Å². The molecule has 1 aliphatic heterocycles. The van der Waals surface area contributed by atoms with E-state index in [-0.39, 0.29) is 17.8 Å². The van der Waals surface area contributed by atoms with Crippen LogP contribution in [-0.2, 0) is 15.0 Å². The molecule has 0 radical (unpaired) electrons. The van der Waals surface area contributed by atoms with Crippen molar-refractivity contribution in [1.82, 2.24) is 0 Å². The summed E-state index contributed by atoms with van der Waals surface area (Å²) in [5.41, 5.74) is 0.156. The van der Waals surface area contributed by atoms with Gasteiger partial charge < -0.3 is 10.0 Å². The first kappa shape index (κ1) is 14.9. The van der Waals surface area contributed by atoms with E-state index in [1.165, 1.54) is 18.2 Å². The van der Waals surface area contributed by atoms with Crippen molar-refractivity contribution in [3.63, 3.8) is 0 Å². The van der Waals surface area contributed by atoms with Crippen LogP contribution in [0.5, 0.6) is 0 Å². The summed E-state index contributed by atoms with van der Waals surface area (Å²) in [5, 5.41) is 7.49. The molecular weight excluding hydrogens is 357 g/mol. The third-order valence-corrected chi connectivity index (χ3v) is 4.75. The standard InChI is InChI=1S/C11H9BrFNO5S/c12-8-2-1-6(11(16)17)3-9(8)14-5-7(4-10(14)15)20(13,18)19/h1-3,7H,4-5H2,(H,16,17). The maximum Gasteiger partial charge on any atom is 0.335 e. The van der Waals surface area contributed by atoms with Crippen LogP contribution < -0.4 is 4.90 Å². The number of halogens is 2. The van der Waals surface area contributed by atoms with Gasteiger partial charge in [-0.3, -0.25) is 4.79 Å². The molecular formula is C11H9BrFNO5S. The van der Waals surface area contributed by atoms with Crippen molar-refractivity contribution in [2.24, 2.45) is 0 Å². The van der Waals surface area contributed by atoms with Crippen molar-refractivity contribution in [1.29, 1.82) is 0 Å². The summed E-state index contributed by atoms with van der Waals surface area (Å²) < 4.78 is 35.1. The van der Waals surface area contributed by atoms with E-state index in [0.29, 0.717) is 4.47 Å². The Balaban J connectivity index is 2.40. The second-order valence-electron chi connectivity index (χ2n) is 4.28. The largest absolute Gasteiger partial charge is 0.478 e. The van der Waals surface area contributed by atoms with Crippen LogP contribution in [0.1, 0.15) is 16.8 Å². The molecule has 0 saturated carbocycles. The SMILES string of the molecule is O=C(O)c1ccc(Br)c(N2CC(S(=O)(=O)F)CC2=O)c1. The predicted molar refractivity (Wildman–Crippen MR) is 71.9 cm³/mol. The monoisotopic (exact) mass is 365 g/mol. The van der Waals surface area contributed by atoms with Gasteiger partial charge >= 0.3 is 16.2 Å². The average Bonchev–Trinajstić information content (AvgIpc) is 2.71. The van der Waals surface area contributed by atoms with Gasteiger partial charge in [0.2, 0.25) is 5.91 Å². The van der Waals surface area contributed by atoms with Crippen LogP contribution >= 0.6 is 15.9 Å². The first-order chi connectivity index (χ1) is 9.20. The van der Waals surface area contributed by atoms with Gasteiger partial charge in [0.25, 0.3) is 0 Å². The number of rotatable bonds is 3. The van der Waals surface area contributed by atoms with E-state index in [2.05, 4.69) is 15.9 Å². The molecule has 0 aliphatic carbocycles. The van der Waals surface area contributed by atoms with E-state index in [1.54, 1.807) is 0 Å². The summed E-state index contributed by atoms with van der Waals surface area (Å²) in [5.74, 6) is -1.75. The molecule has 1 saturated heterocycles. The van der Waals surface area contributed by atoms with Gasteiger partial charge in [-0.05, 0) is 34.1 Å². The van der Waals surface area contributed by atoms with Crippen LogP contribution in [0.25, 0.3) is 0 Å². The summed E-state index contributed by atoms with van der Waals surface area (Å²) in [6.45, 7) is -0.334. The average molecular weight is 366 g/mol. The van der Waals surface area contributed by atoms with E-state index in [9.17, 15) is 21.9 Å². The number of amides is 1. The van der Waals surface area contributed by atoms with E-state index in [1.807, 2.05) is 0 Å². The number of carboxylic acids is 1. The van der Waals surface area contributed by atoms with E-state index < -0.39 is 33.8 Å². The normalized spacial score (nSPS) is 19.4. The number of aromatic carboxylic acids is 1. The quantitative estimate of drug-likeness (QED) is 0.820. The minimum absolute atomic E-state index is 0.0532. The number of carboxylic acid groups (broad SMARTS) is 1. The van der Waals surface area contributed by atoms with Crippen LogP contribution in [0, 0.1) is 0 Å². The zero-order valence-electron chi connectivity index (χ0n) is 9.92. The van der Waals surface area contributed by atoms with E-state index in [4.69, 9.17) is 5.11 Å². The molecule has 0 aromatic heterocycles. The van der Waals surface area contributed by atoms with Gasteiger partial charge in [-0.25, -0.2) is 4.79 Å². The van der Waals surface area contributed by atoms with Crippen molar-refractivity contribution < 1.29 is 27.0 Å². The fourth-order valence-electron chi connectivity index (χ4n) is 1.95. The number of carbonyl (C=O) groups is 2. The van der Waals surface area contributed by atoms with Gasteiger partial charge in [0.1, 0.15) is 5.25 Å². The number of benzene rings is 1. The lowest BCUT2D eigenvalue weighted by molar-refractivity contribution is -0.117. The summed E-state index contributed by atoms with van der Waals surface area (Å²) in [7, 11) is -4.81. The van der Waals surface area contributed by atoms with Crippen molar-refractivity contribution in [3.05, 3.63) is 28.2 Å². The fraction of sp³-hybridized carbons (Fsp3) is 0.273. The number of nitrogens with zero attached hydrogens (tertiary/aromatic N) is 1. The van der Waals surface area contributed by atoms with E-state index in [0.717, 1.165) is 4.90 Å². The summed E-state index contributed by atoms with van der Waals surface area (Å²) >= 11 is 3.16. The molecule has 108 valence electrons. The van der Waals surface area contributed by atoms with Gasteiger partial charge in [0, 0.05) is 17.4 Å². The number of carbonyl (C=O) groups excluding carboxylic acids is 1. The Hall–Kier alpha value is -1.48. The molecule has 0 spiro atoms. The molecule has 1 amide bonds. The van der Waals surface area contributed by atoms with Crippen molar-refractivity contribution in [2.45, 2.75) is 11.7 Å². The molecule has 2 rings (SSSR count). The molecule has 1 atom stereocenters. The Morgan fingerprint density at radius 3 is 2.60 bits per heavy atom. The van der Waals surface area contributed by atoms with Gasteiger partial charge in [-0.1, -0.05) is 0 Å². The molecule has 6 nitrogen and oxygen atoms in total. The topological polar surface area (TPSA) is 91.8 Å². The van der Waals surface area contributed by atoms with Crippen LogP contribution in [0.4, 0.5) is 9.57 Å². The maximum absolute atomic E-state index is 13.0. The Morgan fingerprint density at radius 1 is 1.45 bits per heavy atom. The zero-order valence-corrected chi connectivity index (χ0v) is 12.3. The number of hydrogen-bond acceptors (Lipinski definition) is 4. The Kier molecular flexibility index (Phi) is 3.83. The van der Waals surface area contributed by atoms with Crippen molar-refractivity contribution in [3.8, 4) is 0 Å². The van der Waals surface area contributed by atoms with Crippen molar-refractivity contribution >= 4 is 43.7 Å². The maximum atomic E-state index is 13.0. The molecule has 0 bridgehead atoms. The smallest absolute Gasteiger partial charge is 0.335 e. The third-order valence-electron chi connectivity index (χ3n) is 2.97. The molecule has 1 fully saturated rings. The summed E-state index contributed by atoms with van der Waals surface area (Å²) in [6, 6.07) is 4.00. The minimum atomic E-state index is -4.81. The molecule has 1 heterocycles. The van der Waals surface area contributed by atoms with Crippen LogP contribution in [0.3, 0.4) is 0 Å². The molecule has 20 heavy (non-hydrogen) atoms.